The van der Waals surface area contributed by atoms with Crippen LogP contribution in [0.15, 0.2) is 27.7 Å². The standard InChI is InChI=1S/C11H12N4O2S/c1-6-9(13-14-10(6)16)11(17)15-12-7(2)8-4-3-5-18-8/h3-6H,1-2H3,(H,14,16)(H,15,17)/b12-7-/t6-/m1/s1. The molecule has 1 aromatic rings. The van der Waals surface area contributed by atoms with Crippen LogP contribution >= 0.6 is 11.3 Å². The van der Waals surface area contributed by atoms with Crippen LogP contribution < -0.4 is 10.9 Å². The Hall–Kier alpha value is -2.02. The van der Waals surface area contributed by atoms with Gasteiger partial charge in [-0.3, -0.25) is 9.59 Å². The molecule has 2 amide bonds. The van der Waals surface area contributed by atoms with Gasteiger partial charge in [0.15, 0.2) is 0 Å². The summed E-state index contributed by atoms with van der Waals surface area (Å²) in [5, 5.41) is 9.59. The Balaban J connectivity index is 2.01. The summed E-state index contributed by atoms with van der Waals surface area (Å²) in [7, 11) is 0. The summed E-state index contributed by atoms with van der Waals surface area (Å²) in [6, 6.07) is 3.82. The number of rotatable bonds is 3. The van der Waals surface area contributed by atoms with Crippen LogP contribution in [0.2, 0.25) is 0 Å². The van der Waals surface area contributed by atoms with Crippen LogP contribution in [0, 0.1) is 5.92 Å². The Morgan fingerprint density at radius 1 is 1.61 bits per heavy atom. The molecular formula is C11H12N4O2S. The molecule has 0 saturated heterocycles. The molecule has 0 bridgehead atoms. The second-order valence-electron chi connectivity index (χ2n) is 3.81. The van der Waals surface area contributed by atoms with E-state index >= 15 is 0 Å². The minimum absolute atomic E-state index is 0.155. The molecule has 0 radical (unpaired) electrons. The van der Waals surface area contributed by atoms with Gasteiger partial charge in [0.1, 0.15) is 5.71 Å². The van der Waals surface area contributed by atoms with E-state index in [1.807, 2.05) is 17.5 Å². The van der Waals surface area contributed by atoms with Crippen LogP contribution in [0.25, 0.3) is 0 Å². The molecule has 0 spiro atoms. The van der Waals surface area contributed by atoms with Crippen molar-refractivity contribution in [2.75, 3.05) is 0 Å². The van der Waals surface area contributed by atoms with E-state index in [4.69, 9.17) is 0 Å². The molecule has 2 rings (SSSR count). The molecule has 6 nitrogen and oxygen atoms in total. The molecule has 0 aromatic carbocycles. The lowest BCUT2D eigenvalue weighted by atomic mass is 10.1. The average molecular weight is 264 g/mol. The summed E-state index contributed by atoms with van der Waals surface area (Å²) >= 11 is 1.54. The maximum absolute atomic E-state index is 11.7. The van der Waals surface area contributed by atoms with Crippen LogP contribution in [0.4, 0.5) is 0 Å². The van der Waals surface area contributed by atoms with Crippen molar-refractivity contribution in [3.8, 4) is 0 Å². The largest absolute Gasteiger partial charge is 0.288 e. The van der Waals surface area contributed by atoms with Crippen LogP contribution in [0.3, 0.4) is 0 Å². The number of hydrogen-bond acceptors (Lipinski definition) is 5. The van der Waals surface area contributed by atoms with Crippen LogP contribution in [0.5, 0.6) is 0 Å². The van der Waals surface area contributed by atoms with E-state index in [9.17, 15) is 9.59 Å². The van der Waals surface area contributed by atoms with Gasteiger partial charge >= 0.3 is 0 Å². The molecule has 7 heteroatoms. The smallest absolute Gasteiger partial charge is 0.272 e. The highest BCUT2D eigenvalue weighted by Crippen LogP contribution is 2.09. The third-order valence-corrected chi connectivity index (χ3v) is 3.50. The predicted molar refractivity (Wildman–Crippen MR) is 69.4 cm³/mol. The predicted octanol–water partition coefficient (Wildman–Crippen LogP) is 0.710. The third kappa shape index (κ3) is 2.45. The van der Waals surface area contributed by atoms with Gasteiger partial charge in [-0.05, 0) is 25.3 Å². The average Bonchev–Trinajstić information content (AvgIpc) is 2.98. The van der Waals surface area contributed by atoms with E-state index in [1.165, 1.54) is 11.3 Å². The van der Waals surface area contributed by atoms with Gasteiger partial charge in [0, 0.05) is 4.88 Å². The number of hydrazone groups is 2. The number of hydrogen-bond donors (Lipinski definition) is 2. The number of nitrogens with zero attached hydrogens (tertiary/aromatic N) is 2. The lowest BCUT2D eigenvalue weighted by Crippen LogP contribution is -2.32. The van der Waals surface area contributed by atoms with Gasteiger partial charge in [-0.2, -0.15) is 10.2 Å². The SMILES string of the molecule is C/C(=N/NC(=O)C1=NNC(=O)[C@@H]1C)c1cccs1. The Kier molecular flexibility index (Phi) is 3.52. The molecular weight excluding hydrogens is 252 g/mol. The fourth-order valence-corrected chi connectivity index (χ4v) is 2.09. The minimum Gasteiger partial charge on any atom is -0.272 e. The van der Waals surface area contributed by atoms with Gasteiger partial charge in [-0.15, -0.1) is 11.3 Å². The fraction of sp³-hybridized carbons (Fsp3) is 0.273. The molecule has 0 saturated carbocycles. The number of carbonyl (C=O) groups excluding carboxylic acids is 2. The lowest BCUT2D eigenvalue weighted by molar-refractivity contribution is -0.122. The van der Waals surface area contributed by atoms with Gasteiger partial charge in [-0.1, -0.05) is 6.07 Å². The molecule has 0 unspecified atom stereocenters. The van der Waals surface area contributed by atoms with Crippen LogP contribution in [-0.2, 0) is 9.59 Å². The van der Waals surface area contributed by atoms with Gasteiger partial charge < -0.3 is 0 Å². The van der Waals surface area contributed by atoms with E-state index in [1.54, 1.807) is 13.8 Å². The zero-order valence-corrected chi connectivity index (χ0v) is 10.7. The van der Waals surface area contributed by atoms with Crippen molar-refractivity contribution in [3.63, 3.8) is 0 Å². The maximum atomic E-state index is 11.7. The molecule has 1 aromatic heterocycles. The summed E-state index contributed by atoms with van der Waals surface area (Å²) < 4.78 is 0. The van der Waals surface area contributed by atoms with Crippen molar-refractivity contribution in [2.45, 2.75) is 13.8 Å². The van der Waals surface area contributed by atoms with E-state index in [2.05, 4.69) is 21.1 Å². The topological polar surface area (TPSA) is 82.9 Å². The first-order chi connectivity index (χ1) is 8.59. The minimum atomic E-state index is -0.540. The quantitative estimate of drug-likeness (QED) is 0.622. The Bertz CT molecular complexity index is 533. The highest BCUT2D eigenvalue weighted by molar-refractivity contribution is 7.12. The summed E-state index contributed by atoms with van der Waals surface area (Å²) in [5.74, 6) is -1.28. The van der Waals surface area contributed by atoms with Crippen molar-refractivity contribution in [1.29, 1.82) is 0 Å². The molecule has 2 heterocycles. The zero-order valence-electron chi connectivity index (χ0n) is 9.93. The molecule has 1 aliphatic heterocycles. The molecule has 94 valence electrons. The van der Waals surface area contributed by atoms with Crippen molar-refractivity contribution in [3.05, 3.63) is 22.4 Å². The molecule has 2 N–H and O–H groups in total. The van der Waals surface area contributed by atoms with Crippen LogP contribution in [-0.4, -0.2) is 23.2 Å². The summed E-state index contributed by atoms with van der Waals surface area (Å²) in [5.41, 5.74) is 5.52. The number of amides is 2. The zero-order chi connectivity index (χ0) is 13.1. The van der Waals surface area contributed by atoms with E-state index < -0.39 is 11.8 Å². The summed E-state index contributed by atoms with van der Waals surface area (Å²) in [6.45, 7) is 3.42. The lowest BCUT2D eigenvalue weighted by Gasteiger charge is -2.03. The fourth-order valence-electron chi connectivity index (χ4n) is 1.41. The first-order valence-corrected chi connectivity index (χ1v) is 6.23. The van der Waals surface area contributed by atoms with Gasteiger partial charge in [-0.25, -0.2) is 10.9 Å². The van der Waals surface area contributed by atoms with Crippen molar-refractivity contribution in [1.82, 2.24) is 10.9 Å². The van der Waals surface area contributed by atoms with Gasteiger partial charge in [0.25, 0.3) is 5.91 Å². The van der Waals surface area contributed by atoms with E-state index in [0.717, 1.165) is 4.88 Å². The first-order valence-electron chi connectivity index (χ1n) is 5.35. The third-order valence-electron chi connectivity index (χ3n) is 2.53. The van der Waals surface area contributed by atoms with E-state index in [-0.39, 0.29) is 11.6 Å². The number of nitrogens with one attached hydrogen (secondary N) is 2. The molecule has 18 heavy (non-hydrogen) atoms. The highest BCUT2D eigenvalue weighted by Gasteiger charge is 2.30. The molecule has 1 atom stereocenters. The van der Waals surface area contributed by atoms with Gasteiger partial charge in [0.2, 0.25) is 5.91 Å². The second-order valence-corrected chi connectivity index (χ2v) is 4.76. The summed E-state index contributed by atoms with van der Waals surface area (Å²) in [6.07, 6.45) is 0. The normalized spacial score (nSPS) is 19.4. The molecule has 0 fully saturated rings. The second kappa shape index (κ2) is 5.09. The van der Waals surface area contributed by atoms with Crippen LogP contribution in [0.1, 0.15) is 18.7 Å². The number of carbonyl (C=O) groups is 2. The maximum Gasteiger partial charge on any atom is 0.288 e. The highest BCUT2D eigenvalue weighted by atomic mass is 32.1. The van der Waals surface area contributed by atoms with Crippen molar-refractivity contribution >= 4 is 34.6 Å². The Labute approximate surface area is 108 Å². The summed E-state index contributed by atoms with van der Waals surface area (Å²) in [4.78, 5) is 23.9. The Morgan fingerprint density at radius 2 is 2.39 bits per heavy atom. The number of thiophene rings is 1. The molecule has 0 aliphatic carbocycles. The molecule has 1 aliphatic rings. The Morgan fingerprint density at radius 3 is 2.94 bits per heavy atom. The van der Waals surface area contributed by atoms with Crippen molar-refractivity contribution in [2.24, 2.45) is 16.1 Å². The van der Waals surface area contributed by atoms with Crippen molar-refractivity contribution < 1.29 is 9.59 Å². The monoisotopic (exact) mass is 264 g/mol. The first kappa shape index (κ1) is 12.4. The van der Waals surface area contributed by atoms with E-state index in [0.29, 0.717) is 5.71 Å². The van der Waals surface area contributed by atoms with Gasteiger partial charge in [0.05, 0.1) is 11.6 Å².